The van der Waals surface area contributed by atoms with Crippen LogP contribution in [-0.2, 0) is 9.59 Å². The number of carboxylic acids is 1. The van der Waals surface area contributed by atoms with Gasteiger partial charge in [0.05, 0.1) is 0 Å². The Morgan fingerprint density at radius 1 is 1.22 bits per heavy atom. The molecule has 0 radical (unpaired) electrons. The Labute approximate surface area is 109 Å². The van der Waals surface area contributed by atoms with Crippen molar-refractivity contribution < 1.29 is 14.7 Å². The largest absolute Gasteiger partial charge is 0.550 e. The fourth-order valence-electron chi connectivity index (χ4n) is 2.78. The Hall–Kier alpha value is -1.06. The second kappa shape index (κ2) is 4.25. The molecule has 1 aliphatic rings. The minimum absolute atomic E-state index is 0.0579. The molecular weight excluding hydrogens is 230 g/mol. The van der Waals surface area contributed by atoms with E-state index in [1.165, 1.54) is 0 Å². The van der Waals surface area contributed by atoms with Crippen LogP contribution < -0.4 is 10.4 Å². The van der Waals surface area contributed by atoms with Crippen LogP contribution in [0.3, 0.4) is 0 Å². The topological polar surface area (TPSA) is 69.2 Å². The lowest BCUT2D eigenvalue weighted by molar-refractivity contribution is -0.323. The van der Waals surface area contributed by atoms with E-state index in [0.717, 1.165) is 0 Å². The van der Waals surface area contributed by atoms with Crippen molar-refractivity contribution >= 4 is 11.9 Å². The molecule has 0 heterocycles. The summed E-state index contributed by atoms with van der Waals surface area (Å²) in [5.74, 6) is -1.39. The fraction of sp³-hybridized carbons (Fsp3) is 0.857. The third kappa shape index (κ3) is 2.38. The van der Waals surface area contributed by atoms with E-state index in [9.17, 15) is 14.7 Å². The Morgan fingerprint density at radius 2 is 1.72 bits per heavy atom. The van der Waals surface area contributed by atoms with Gasteiger partial charge < -0.3 is 15.2 Å². The molecule has 2 atom stereocenters. The first-order valence-corrected chi connectivity index (χ1v) is 6.45. The van der Waals surface area contributed by atoms with Gasteiger partial charge in [0, 0.05) is 22.8 Å². The summed E-state index contributed by atoms with van der Waals surface area (Å²) in [6.07, 6.45) is 1.09. The van der Waals surface area contributed by atoms with Crippen LogP contribution in [0, 0.1) is 16.7 Å². The van der Waals surface area contributed by atoms with Crippen molar-refractivity contribution in [2.24, 2.45) is 16.7 Å². The molecule has 0 spiro atoms. The van der Waals surface area contributed by atoms with Gasteiger partial charge in [-0.3, -0.25) is 4.79 Å². The van der Waals surface area contributed by atoms with E-state index in [1.807, 2.05) is 34.6 Å². The zero-order chi connectivity index (χ0) is 14.4. The molecule has 0 aromatic heterocycles. The average Bonchev–Trinajstić information content (AvgIpc) is 2.36. The number of carbonyl (C=O) groups excluding carboxylic acids is 2. The predicted octanol–water partition coefficient (Wildman–Crippen LogP) is 1.09. The van der Waals surface area contributed by atoms with E-state index in [2.05, 4.69) is 5.32 Å². The highest BCUT2D eigenvalue weighted by Crippen LogP contribution is 2.55. The molecule has 4 nitrogen and oxygen atoms in total. The predicted molar refractivity (Wildman–Crippen MR) is 67.5 cm³/mol. The molecule has 0 aromatic rings. The third-order valence-electron chi connectivity index (χ3n) is 4.49. The van der Waals surface area contributed by atoms with Crippen LogP contribution in [0.5, 0.6) is 0 Å². The number of carbonyl (C=O) groups is 2. The van der Waals surface area contributed by atoms with Gasteiger partial charge in [0.25, 0.3) is 0 Å². The van der Waals surface area contributed by atoms with Crippen molar-refractivity contribution in [3.63, 3.8) is 0 Å². The summed E-state index contributed by atoms with van der Waals surface area (Å²) in [7, 11) is 0. The molecule has 1 aliphatic carbocycles. The van der Waals surface area contributed by atoms with E-state index in [-0.39, 0.29) is 17.4 Å². The maximum Gasteiger partial charge on any atom is 0.224 e. The molecule has 1 fully saturated rings. The van der Waals surface area contributed by atoms with Gasteiger partial charge in [-0.1, -0.05) is 20.8 Å². The highest BCUT2D eigenvalue weighted by Gasteiger charge is 2.55. The summed E-state index contributed by atoms with van der Waals surface area (Å²) in [6, 6.07) is 0. The van der Waals surface area contributed by atoms with Crippen LogP contribution in [0.1, 0.15) is 54.4 Å². The van der Waals surface area contributed by atoms with Crippen molar-refractivity contribution in [2.45, 2.75) is 59.9 Å². The first-order valence-electron chi connectivity index (χ1n) is 6.45. The second-order valence-corrected chi connectivity index (χ2v) is 7.17. The standard InChI is InChI=1S/C14H25NO3/c1-12(2,3)15-10(16)9-7-8-14(6,11(17)18)13(9,4)5/h9H,7-8H2,1-6H3,(H,15,16)(H,17,18)/p-1/t9-,14+/m1/s1. The lowest BCUT2D eigenvalue weighted by Crippen LogP contribution is -2.52. The van der Waals surface area contributed by atoms with Gasteiger partial charge in [-0.15, -0.1) is 0 Å². The molecular formula is C14H24NO3-. The summed E-state index contributed by atoms with van der Waals surface area (Å²) in [4.78, 5) is 23.6. The number of hydrogen-bond acceptors (Lipinski definition) is 3. The normalized spacial score (nSPS) is 31.1. The zero-order valence-electron chi connectivity index (χ0n) is 12.2. The van der Waals surface area contributed by atoms with Gasteiger partial charge in [0.2, 0.25) is 5.91 Å². The molecule has 0 bridgehead atoms. The molecule has 104 valence electrons. The van der Waals surface area contributed by atoms with Crippen LogP contribution in [0.25, 0.3) is 0 Å². The third-order valence-corrected chi connectivity index (χ3v) is 4.49. The number of nitrogens with one attached hydrogen (secondary N) is 1. The number of hydrogen-bond donors (Lipinski definition) is 1. The second-order valence-electron chi connectivity index (χ2n) is 7.17. The smallest absolute Gasteiger partial charge is 0.224 e. The van der Waals surface area contributed by atoms with Crippen molar-refractivity contribution in [2.75, 3.05) is 0 Å². The van der Waals surface area contributed by atoms with Gasteiger partial charge in [-0.25, -0.2) is 0 Å². The summed E-state index contributed by atoms with van der Waals surface area (Å²) in [6.45, 7) is 11.2. The summed E-state index contributed by atoms with van der Waals surface area (Å²) >= 11 is 0. The van der Waals surface area contributed by atoms with Crippen LogP contribution in [0.15, 0.2) is 0 Å². The van der Waals surface area contributed by atoms with Crippen LogP contribution in [0.2, 0.25) is 0 Å². The van der Waals surface area contributed by atoms with E-state index in [0.29, 0.717) is 12.8 Å². The summed E-state index contributed by atoms with van der Waals surface area (Å²) in [5.41, 5.74) is -1.83. The van der Waals surface area contributed by atoms with Gasteiger partial charge in [-0.05, 0) is 39.0 Å². The van der Waals surface area contributed by atoms with Crippen LogP contribution in [-0.4, -0.2) is 17.4 Å². The Kier molecular flexibility index (Phi) is 3.54. The number of rotatable bonds is 2. The molecule has 1 saturated carbocycles. The quantitative estimate of drug-likeness (QED) is 0.802. The fourth-order valence-corrected chi connectivity index (χ4v) is 2.78. The van der Waals surface area contributed by atoms with Gasteiger partial charge in [-0.2, -0.15) is 0 Å². The van der Waals surface area contributed by atoms with E-state index < -0.39 is 16.8 Å². The number of carboxylic acid groups (broad SMARTS) is 1. The van der Waals surface area contributed by atoms with Crippen molar-refractivity contribution in [1.82, 2.24) is 5.32 Å². The summed E-state index contributed by atoms with van der Waals surface area (Å²) < 4.78 is 0. The van der Waals surface area contributed by atoms with Crippen molar-refractivity contribution in [3.05, 3.63) is 0 Å². The zero-order valence-corrected chi connectivity index (χ0v) is 12.2. The van der Waals surface area contributed by atoms with E-state index >= 15 is 0 Å². The lowest BCUT2D eigenvalue weighted by Gasteiger charge is -2.42. The molecule has 4 heteroatoms. The highest BCUT2D eigenvalue weighted by atomic mass is 16.4. The molecule has 18 heavy (non-hydrogen) atoms. The molecule has 1 N–H and O–H groups in total. The number of aliphatic carboxylic acids is 1. The maximum absolute atomic E-state index is 12.3. The highest BCUT2D eigenvalue weighted by molar-refractivity contribution is 5.83. The Morgan fingerprint density at radius 3 is 2.06 bits per heavy atom. The lowest BCUT2D eigenvalue weighted by atomic mass is 9.65. The number of amides is 1. The van der Waals surface area contributed by atoms with Crippen molar-refractivity contribution in [3.8, 4) is 0 Å². The Balaban J connectivity index is 2.95. The first kappa shape index (κ1) is 15.0. The monoisotopic (exact) mass is 254 g/mol. The van der Waals surface area contributed by atoms with Crippen LogP contribution >= 0.6 is 0 Å². The maximum atomic E-state index is 12.3. The molecule has 0 unspecified atom stereocenters. The SMILES string of the molecule is CC(C)(C)NC(=O)[C@H]1CC[C@@](C)(C(=O)[O-])C1(C)C. The summed E-state index contributed by atoms with van der Waals surface area (Å²) in [5, 5.41) is 14.3. The van der Waals surface area contributed by atoms with Gasteiger partial charge >= 0.3 is 0 Å². The molecule has 0 aliphatic heterocycles. The molecule has 0 aromatic carbocycles. The average molecular weight is 254 g/mol. The Bertz CT molecular complexity index is 368. The van der Waals surface area contributed by atoms with Gasteiger partial charge in [0.1, 0.15) is 0 Å². The minimum Gasteiger partial charge on any atom is -0.550 e. The minimum atomic E-state index is -1.06. The van der Waals surface area contributed by atoms with Crippen LogP contribution in [0.4, 0.5) is 0 Å². The molecule has 1 amide bonds. The van der Waals surface area contributed by atoms with E-state index in [1.54, 1.807) is 6.92 Å². The first-order chi connectivity index (χ1) is 7.92. The van der Waals surface area contributed by atoms with E-state index in [4.69, 9.17) is 0 Å². The molecule has 1 rings (SSSR count). The van der Waals surface area contributed by atoms with Crippen molar-refractivity contribution in [1.29, 1.82) is 0 Å². The molecule has 0 saturated heterocycles. The van der Waals surface area contributed by atoms with Gasteiger partial charge in [0.15, 0.2) is 0 Å².